The molecule has 0 saturated carbocycles. The van der Waals surface area contributed by atoms with Crippen molar-refractivity contribution in [2.75, 3.05) is 25.0 Å². The first-order valence-electron chi connectivity index (χ1n) is 5.34. The van der Waals surface area contributed by atoms with E-state index in [0.717, 1.165) is 13.1 Å². The number of rotatable bonds is 4. The van der Waals surface area contributed by atoms with E-state index in [0.29, 0.717) is 10.3 Å². The topological polar surface area (TPSA) is 63.2 Å². The molecule has 1 aliphatic heterocycles. The maximum Gasteiger partial charge on any atom is 0.250 e. The quantitative estimate of drug-likeness (QED) is 0.819. The van der Waals surface area contributed by atoms with Gasteiger partial charge in [-0.25, -0.2) is 4.98 Å². The number of ether oxygens (including phenoxy) is 1. The normalized spacial score (nSPS) is 17.3. The monoisotopic (exact) mass is 299 g/mol. The molecule has 17 heavy (non-hydrogen) atoms. The zero-order valence-corrected chi connectivity index (χ0v) is 11.1. The number of amides is 1. The van der Waals surface area contributed by atoms with E-state index in [-0.39, 0.29) is 18.1 Å². The number of carbonyl (C=O) groups is 1. The van der Waals surface area contributed by atoms with Gasteiger partial charge in [-0.15, -0.1) is 0 Å². The van der Waals surface area contributed by atoms with Crippen molar-refractivity contribution in [2.24, 2.45) is 0 Å². The lowest BCUT2D eigenvalue weighted by Gasteiger charge is -2.38. The van der Waals surface area contributed by atoms with E-state index in [1.165, 1.54) is 0 Å². The van der Waals surface area contributed by atoms with E-state index < -0.39 is 0 Å². The molecular formula is C11H14BrN3O2. The van der Waals surface area contributed by atoms with E-state index >= 15 is 0 Å². The molecule has 2 heterocycles. The summed E-state index contributed by atoms with van der Waals surface area (Å²) >= 11 is 3.26. The highest BCUT2D eigenvalue weighted by molar-refractivity contribution is 9.10. The molecule has 1 aromatic heterocycles. The van der Waals surface area contributed by atoms with Crippen molar-refractivity contribution in [3.8, 4) is 0 Å². The first kappa shape index (κ1) is 12.5. The van der Waals surface area contributed by atoms with Gasteiger partial charge in [0.15, 0.2) is 0 Å². The van der Waals surface area contributed by atoms with E-state index in [9.17, 15) is 4.79 Å². The summed E-state index contributed by atoms with van der Waals surface area (Å²) in [5.41, 5.74) is 0.446. The Morgan fingerprint density at radius 2 is 2.47 bits per heavy atom. The Balaban J connectivity index is 1.83. The Hall–Kier alpha value is -0.980. The van der Waals surface area contributed by atoms with Crippen LogP contribution in [-0.2, 0) is 9.53 Å². The molecule has 1 saturated heterocycles. The Morgan fingerprint density at radius 3 is 3.06 bits per heavy atom. The Bertz CT molecular complexity index is 421. The van der Waals surface area contributed by atoms with Gasteiger partial charge in [-0.1, -0.05) is 0 Å². The van der Waals surface area contributed by atoms with Crippen LogP contribution in [0.2, 0.25) is 0 Å². The van der Waals surface area contributed by atoms with Crippen molar-refractivity contribution in [3.05, 3.63) is 22.9 Å². The van der Waals surface area contributed by atoms with E-state index in [2.05, 4.69) is 31.5 Å². The molecule has 6 heteroatoms. The molecule has 2 rings (SSSR count). The minimum absolute atomic E-state index is 0.0551. The van der Waals surface area contributed by atoms with Crippen LogP contribution in [0.5, 0.6) is 0 Å². The minimum Gasteiger partial charge on any atom is -0.363 e. The lowest BCUT2D eigenvalue weighted by Crippen LogP contribution is -2.59. The van der Waals surface area contributed by atoms with E-state index in [4.69, 9.17) is 4.74 Å². The molecule has 5 nitrogen and oxygen atoms in total. The summed E-state index contributed by atoms with van der Waals surface area (Å²) in [6, 6.07) is 3.54. The zero-order chi connectivity index (χ0) is 12.3. The van der Waals surface area contributed by atoms with Crippen molar-refractivity contribution in [2.45, 2.75) is 12.5 Å². The Labute approximate surface area is 108 Å². The van der Waals surface area contributed by atoms with Crippen LogP contribution in [0.3, 0.4) is 0 Å². The highest BCUT2D eigenvalue weighted by Crippen LogP contribution is 2.19. The molecule has 2 N–H and O–H groups in total. The summed E-state index contributed by atoms with van der Waals surface area (Å²) in [5.74, 6) is -0.174. The van der Waals surface area contributed by atoms with Gasteiger partial charge in [-0.3, -0.25) is 4.79 Å². The fraction of sp³-hybridized carbons (Fsp3) is 0.455. The predicted octanol–water partition coefficient (Wildman–Crippen LogP) is 1.16. The van der Waals surface area contributed by atoms with Crippen molar-refractivity contribution in [3.63, 3.8) is 0 Å². The number of aromatic nitrogens is 1. The molecule has 1 fully saturated rings. The molecular weight excluding hydrogens is 286 g/mol. The third kappa shape index (κ3) is 3.24. The molecule has 0 bridgehead atoms. The maximum atomic E-state index is 11.6. The molecule has 0 aliphatic carbocycles. The lowest BCUT2D eigenvalue weighted by atomic mass is 10.0. The van der Waals surface area contributed by atoms with Crippen LogP contribution in [0.25, 0.3) is 0 Å². The second-order valence-electron chi connectivity index (χ2n) is 4.23. The van der Waals surface area contributed by atoms with Gasteiger partial charge in [-0.2, -0.15) is 0 Å². The van der Waals surface area contributed by atoms with Crippen LogP contribution < -0.4 is 10.6 Å². The van der Waals surface area contributed by atoms with Crippen LogP contribution in [-0.4, -0.2) is 36.2 Å². The number of anilines is 1. The summed E-state index contributed by atoms with van der Waals surface area (Å²) in [7, 11) is 0. The number of nitrogens with zero attached hydrogens (tertiary/aromatic N) is 1. The highest BCUT2D eigenvalue weighted by atomic mass is 79.9. The fourth-order valence-electron chi connectivity index (χ4n) is 1.48. The van der Waals surface area contributed by atoms with Gasteiger partial charge in [0.1, 0.15) is 11.2 Å². The molecule has 0 radical (unpaired) electrons. The van der Waals surface area contributed by atoms with Crippen LogP contribution >= 0.6 is 15.9 Å². The third-order valence-corrected chi connectivity index (χ3v) is 3.21. The SMILES string of the molecule is CC1(OCC(=O)Nc2cccnc2Br)CNC1. The molecule has 0 spiro atoms. The summed E-state index contributed by atoms with van der Waals surface area (Å²) in [6.45, 7) is 3.62. The number of hydrogen-bond donors (Lipinski definition) is 2. The van der Waals surface area contributed by atoms with Gasteiger partial charge >= 0.3 is 0 Å². The second-order valence-corrected chi connectivity index (χ2v) is 4.98. The predicted molar refractivity (Wildman–Crippen MR) is 67.8 cm³/mol. The summed E-state index contributed by atoms with van der Waals surface area (Å²) in [6.07, 6.45) is 1.65. The first-order chi connectivity index (χ1) is 8.09. The van der Waals surface area contributed by atoms with Crippen molar-refractivity contribution in [1.82, 2.24) is 10.3 Å². The fourth-order valence-corrected chi connectivity index (χ4v) is 1.83. The summed E-state index contributed by atoms with van der Waals surface area (Å²) in [4.78, 5) is 15.7. The minimum atomic E-state index is -0.205. The molecule has 0 unspecified atom stereocenters. The molecule has 1 aliphatic rings. The van der Waals surface area contributed by atoms with Gasteiger partial charge in [0.2, 0.25) is 5.91 Å². The number of nitrogens with one attached hydrogen (secondary N) is 2. The van der Waals surface area contributed by atoms with Gasteiger partial charge < -0.3 is 15.4 Å². The number of carbonyl (C=O) groups excluding carboxylic acids is 1. The average molecular weight is 300 g/mol. The average Bonchev–Trinajstić information content (AvgIpc) is 2.27. The standard InChI is InChI=1S/C11H14BrN3O2/c1-11(6-13-7-11)17-5-9(16)15-8-3-2-4-14-10(8)12/h2-4,13H,5-7H2,1H3,(H,15,16). The van der Waals surface area contributed by atoms with Crippen molar-refractivity contribution >= 4 is 27.5 Å². The third-order valence-electron chi connectivity index (χ3n) is 2.58. The Morgan fingerprint density at radius 1 is 1.71 bits per heavy atom. The molecule has 92 valence electrons. The van der Waals surface area contributed by atoms with Crippen LogP contribution in [0.15, 0.2) is 22.9 Å². The van der Waals surface area contributed by atoms with Gasteiger partial charge in [0.25, 0.3) is 0 Å². The number of halogens is 1. The molecule has 0 atom stereocenters. The number of hydrogen-bond acceptors (Lipinski definition) is 4. The Kier molecular flexibility index (Phi) is 3.76. The molecule has 1 amide bonds. The lowest BCUT2D eigenvalue weighted by molar-refractivity contribution is -0.130. The van der Waals surface area contributed by atoms with Gasteiger partial charge in [0.05, 0.1) is 11.3 Å². The second kappa shape index (κ2) is 5.12. The van der Waals surface area contributed by atoms with E-state index in [1.807, 2.05) is 6.92 Å². The number of pyridine rings is 1. The first-order valence-corrected chi connectivity index (χ1v) is 6.13. The summed E-state index contributed by atoms with van der Waals surface area (Å²) in [5, 5.41) is 5.85. The van der Waals surface area contributed by atoms with Crippen molar-refractivity contribution in [1.29, 1.82) is 0 Å². The van der Waals surface area contributed by atoms with Crippen LogP contribution in [0.1, 0.15) is 6.92 Å². The van der Waals surface area contributed by atoms with Crippen LogP contribution in [0, 0.1) is 0 Å². The maximum absolute atomic E-state index is 11.6. The highest BCUT2D eigenvalue weighted by Gasteiger charge is 2.33. The molecule has 0 aromatic carbocycles. The zero-order valence-electron chi connectivity index (χ0n) is 9.50. The smallest absolute Gasteiger partial charge is 0.250 e. The van der Waals surface area contributed by atoms with Crippen LogP contribution in [0.4, 0.5) is 5.69 Å². The van der Waals surface area contributed by atoms with Gasteiger partial charge in [0, 0.05) is 19.3 Å². The van der Waals surface area contributed by atoms with Crippen molar-refractivity contribution < 1.29 is 9.53 Å². The molecule has 1 aromatic rings. The largest absolute Gasteiger partial charge is 0.363 e. The van der Waals surface area contributed by atoms with Gasteiger partial charge in [-0.05, 0) is 35.0 Å². The summed E-state index contributed by atoms with van der Waals surface area (Å²) < 4.78 is 6.14. The van der Waals surface area contributed by atoms with E-state index in [1.54, 1.807) is 18.3 Å².